The van der Waals surface area contributed by atoms with Crippen LogP contribution < -0.4 is 0 Å². The highest BCUT2D eigenvalue weighted by Gasteiger charge is 2.04. The number of aryl methyl sites for hydroxylation is 1. The summed E-state index contributed by atoms with van der Waals surface area (Å²) in [6.07, 6.45) is 1.63. The van der Waals surface area contributed by atoms with Crippen LogP contribution in [0, 0.1) is 0 Å². The molecule has 0 saturated heterocycles. The molecular formula is C10H14O4S. The molecule has 0 aliphatic rings. The molecule has 2 N–H and O–H groups in total. The van der Waals surface area contributed by atoms with E-state index in [0.29, 0.717) is 19.3 Å². The largest absolute Gasteiger partial charge is 0.508 e. The summed E-state index contributed by atoms with van der Waals surface area (Å²) in [5.74, 6) is 0.00462. The molecule has 15 heavy (non-hydrogen) atoms. The fourth-order valence-corrected chi connectivity index (χ4v) is 1.89. The van der Waals surface area contributed by atoms with E-state index in [1.807, 2.05) is 6.07 Å². The van der Waals surface area contributed by atoms with Gasteiger partial charge in [-0.15, -0.1) is 0 Å². The summed E-state index contributed by atoms with van der Waals surface area (Å²) in [5.41, 5.74) is 0.799. The molecular weight excluding hydrogens is 216 g/mol. The number of aromatic hydroxyl groups is 1. The summed E-state index contributed by atoms with van der Waals surface area (Å²) in [4.78, 5) is 0. The van der Waals surface area contributed by atoms with Gasteiger partial charge in [-0.1, -0.05) is 18.2 Å². The van der Waals surface area contributed by atoms with E-state index in [0.717, 1.165) is 5.56 Å². The average molecular weight is 230 g/mol. The minimum absolute atomic E-state index is 0.222. The highest BCUT2D eigenvalue weighted by molar-refractivity contribution is 7.85. The van der Waals surface area contributed by atoms with Gasteiger partial charge in [-0.05, 0) is 30.9 Å². The summed E-state index contributed by atoms with van der Waals surface area (Å²) in [6.45, 7) is 0. The Labute approximate surface area is 89.3 Å². The Morgan fingerprint density at radius 2 is 1.80 bits per heavy atom. The third kappa shape index (κ3) is 4.80. The number of unbranched alkanes of at least 4 members (excludes halogenated alkanes) is 1. The summed E-state index contributed by atoms with van der Waals surface area (Å²) in [6, 6.07) is 6.94. The monoisotopic (exact) mass is 230 g/mol. The van der Waals surface area contributed by atoms with Crippen LogP contribution in [0.4, 0.5) is 0 Å². The molecule has 0 aliphatic heterocycles. The molecule has 0 fully saturated rings. The van der Waals surface area contributed by atoms with Gasteiger partial charge in [-0.2, -0.15) is 8.42 Å². The van der Waals surface area contributed by atoms with Gasteiger partial charge in [0.05, 0.1) is 5.75 Å². The first kappa shape index (κ1) is 12.0. The molecule has 0 saturated carbocycles. The quantitative estimate of drug-likeness (QED) is 0.595. The van der Waals surface area contributed by atoms with Crippen LogP contribution >= 0.6 is 0 Å². The lowest BCUT2D eigenvalue weighted by Crippen LogP contribution is -2.03. The lowest BCUT2D eigenvalue weighted by atomic mass is 10.1. The lowest BCUT2D eigenvalue weighted by molar-refractivity contribution is 0.466. The van der Waals surface area contributed by atoms with Crippen molar-refractivity contribution in [2.75, 3.05) is 5.75 Å². The number of rotatable bonds is 5. The Morgan fingerprint density at radius 1 is 1.13 bits per heavy atom. The van der Waals surface area contributed by atoms with Crippen LogP contribution in [0.1, 0.15) is 18.4 Å². The highest BCUT2D eigenvalue weighted by atomic mass is 32.2. The molecule has 84 valence electrons. The van der Waals surface area contributed by atoms with E-state index in [1.54, 1.807) is 18.2 Å². The first-order chi connectivity index (χ1) is 6.99. The smallest absolute Gasteiger partial charge is 0.264 e. The number of phenolic OH excluding ortho intramolecular Hbond substituents is 1. The van der Waals surface area contributed by atoms with E-state index < -0.39 is 10.1 Å². The Bertz CT molecular complexity index is 411. The molecule has 0 bridgehead atoms. The van der Waals surface area contributed by atoms with Crippen molar-refractivity contribution in [2.24, 2.45) is 0 Å². The van der Waals surface area contributed by atoms with Crippen molar-refractivity contribution in [1.29, 1.82) is 0 Å². The molecule has 0 radical (unpaired) electrons. The molecule has 5 heteroatoms. The highest BCUT2D eigenvalue weighted by Crippen LogP contribution is 2.17. The number of para-hydroxylation sites is 1. The summed E-state index contributed by atoms with van der Waals surface area (Å²) < 4.78 is 29.3. The summed E-state index contributed by atoms with van der Waals surface area (Å²) in [5, 5.41) is 9.40. The van der Waals surface area contributed by atoms with E-state index in [9.17, 15) is 13.5 Å². The number of hydrogen-bond donors (Lipinski definition) is 2. The minimum atomic E-state index is -3.85. The van der Waals surface area contributed by atoms with Crippen LogP contribution in [-0.2, 0) is 16.5 Å². The number of phenols is 1. The maximum atomic E-state index is 10.4. The Hall–Kier alpha value is -1.07. The summed E-state index contributed by atoms with van der Waals surface area (Å²) in [7, 11) is -3.85. The van der Waals surface area contributed by atoms with Crippen LogP contribution in [0.2, 0.25) is 0 Å². The standard InChI is InChI=1S/C10H14O4S/c11-10-7-2-1-5-9(10)6-3-4-8-15(12,13)14/h1-2,5,7,11H,3-4,6,8H2,(H,12,13,14). The van der Waals surface area contributed by atoms with Gasteiger partial charge in [0.25, 0.3) is 10.1 Å². The molecule has 0 amide bonds. The van der Waals surface area contributed by atoms with Crippen molar-refractivity contribution in [3.63, 3.8) is 0 Å². The van der Waals surface area contributed by atoms with Gasteiger partial charge in [0, 0.05) is 0 Å². The van der Waals surface area contributed by atoms with E-state index in [4.69, 9.17) is 4.55 Å². The zero-order chi connectivity index (χ0) is 11.3. The molecule has 0 aromatic heterocycles. The van der Waals surface area contributed by atoms with Crippen molar-refractivity contribution in [2.45, 2.75) is 19.3 Å². The average Bonchev–Trinajstić information content (AvgIpc) is 2.13. The third-order valence-electron chi connectivity index (χ3n) is 2.09. The maximum Gasteiger partial charge on any atom is 0.264 e. The topological polar surface area (TPSA) is 74.6 Å². The van der Waals surface area contributed by atoms with Gasteiger partial charge in [0.1, 0.15) is 5.75 Å². The SMILES string of the molecule is O=S(=O)(O)CCCCc1ccccc1O. The molecule has 1 aromatic carbocycles. The minimum Gasteiger partial charge on any atom is -0.508 e. The number of hydrogen-bond acceptors (Lipinski definition) is 3. The molecule has 1 rings (SSSR count). The third-order valence-corrected chi connectivity index (χ3v) is 2.89. The van der Waals surface area contributed by atoms with Crippen molar-refractivity contribution < 1.29 is 18.1 Å². The number of benzene rings is 1. The van der Waals surface area contributed by atoms with Crippen molar-refractivity contribution in [3.05, 3.63) is 29.8 Å². The van der Waals surface area contributed by atoms with Crippen LogP contribution in [-0.4, -0.2) is 23.8 Å². The first-order valence-electron chi connectivity index (χ1n) is 4.71. The Balaban J connectivity index is 2.36. The Morgan fingerprint density at radius 3 is 2.40 bits per heavy atom. The fraction of sp³-hybridized carbons (Fsp3) is 0.400. The molecule has 4 nitrogen and oxygen atoms in total. The van der Waals surface area contributed by atoms with Gasteiger partial charge < -0.3 is 5.11 Å². The fourth-order valence-electron chi connectivity index (χ4n) is 1.32. The van der Waals surface area contributed by atoms with Crippen molar-refractivity contribution in [1.82, 2.24) is 0 Å². The zero-order valence-electron chi connectivity index (χ0n) is 8.26. The van der Waals surface area contributed by atoms with Crippen LogP contribution in [0.15, 0.2) is 24.3 Å². The lowest BCUT2D eigenvalue weighted by Gasteiger charge is -2.03. The Kier molecular flexibility index (Phi) is 4.11. The molecule has 0 aliphatic carbocycles. The van der Waals surface area contributed by atoms with Crippen LogP contribution in [0.5, 0.6) is 5.75 Å². The van der Waals surface area contributed by atoms with E-state index in [1.165, 1.54) is 0 Å². The zero-order valence-corrected chi connectivity index (χ0v) is 9.07. The maximum absolute atomic E-state index is 10.4. The predicted molar refractivity (Wildman–Crippen MR) is 57.5 cm³/mol. The molecule has 1 aromatic rings. The first-order valence-corrected chi connectivity index (χ1v) is 6.32. The van der Waals surface area contributed by atoms with Crippen LogP contribution in [0.3, 0.4) is 0 Å². The van der Waals surface area contributed by atoms with E-state index in [2.05, 4.69) is 0 Å². The van der Waals surface area contributed by atoms with Crippen LogP contribution in [0.25, 0.3) is 0 Å². The second kappa shape index (κ2) is 5.14. The second-order valence-electron chi connectivity index (χ2n) is 3.37. The molecule has 0 atom stereocenters. The van der Waals surface area contributed by atoms with Crippen molar-refractivity contribution >= 4 is 10.1 Å². The van der Waals surface area contributed by atoms with Gasteiger partial charge in [0.2, 0.25) is 0 Å². The predicted octanol–water partition coefficient (Wildman–Crippen LogP) is 1.60. The van der Waals surface area contributed by atoms with Gasteiger partial charge in [0.15, 0.2) is 0 Å². The van der Waals surface area contributed by atoms with Gasteiger partial charge in [-0.3, -0.25) is 4.55 Å². The molecule has 0 heterocycles. The second-order valence-corrected chi connectivity index (χ2v) is 4.94. The van der Waals surface area contributed by atoms with Gasteiger partial charge in [-0.25, -0.2) is 0 Å². The molecule has 0 spiro atoms. The van der Waals surface area contributed by atoms with Crippen molar-refractivity contribution in [3.8, 4) is 5.75 Å². The normalized spacial score (nSPS) is 11.5. The van der Waals surface area contributed by atoms with Gasteiger partial charge >= 0.3 is 0 Å². The van der Waals surface area contributed by atoms with E-state index >= 15 is 0 Å². The molecule has 0 unspecified atom stereocenters. The summed E-state index contributed by atoms with van der Waals surface area (Å²) >= 11 is 0. The van der Waals surface area contributed by atoms with E-state index in [-0.39, 0.29) is 11.5 Å².